The van der Waals surface area contributed by atoms with Gasteiger partial charge in [0.05, 0.1) is 5.92 Å². The number of benzene rings is 1. The van der Waals surface area contributed by atoms with E-state index in [1.807, 2.05) is 11.8 Å². The molecule has 1 atom stereocenters. The topological polar surface area (TPSA) is 93.4 Å². The molecule has 1 amide bonds. The van der Waals surface area contributed by atoms with Crippen molar-refractivity contribution in [1.82, 2.24) is 9.97 Å². The fourth-order valence-corrected chi connectivity index (χ4v) is 3.16. The Bertz CT molecular complexity index is 842. The Hall–Kier alpha value is -3.04. The number of carbonyl (C=O) groups is 1. The van der Waals surface area contributed by atoms with E-state index in [0.29, 0.717) is 23.9 Å². The van der Waals surface area contributed by atoms with Crippen LogP contribution in [0.25, 0.3) is 0 Å². The number of anilines is 3. The molecule has 150 valence electrons. The van der Waals surface area contributed by atoms with Crippen LogP contribution in [-0.2, 0) is 4.79 Å². The normalized spacial score (nSPS) is 17.3. The molecule has 3 rings (SSSR count). The minimum atomic E-state index is -4.73. The number of alkyl halides is 3. The third-order valence-corrected chi connectivity index (χ3v) is 4.53. The van der Waals surface area contributed by atoms with Crippen molar-refractivity contribution >= 4 is 23.2 Å². The maximum atomic E-state index is 12.3. The number of nitrogens with one attached hydrogen (secondary N) is 1. The molecule has 0 aliphatic carbocycles. The highest BCUT2D eigenvalue weighted by molar-refractivity contribution is 5.77. The van der Waals surface area contributed by atoms with E-state index in [4.69, 9.17) is 5.73 Å². The van der Waals surface area contributed by atoms with Crippen LogP contribution < -0.4 is 20.7 Å². The fraction of sp³-hybridized carbons (Fsp3) is 0.389. The first kappa shape index (κ1) is 19.7. The van der Waals surface area contributed by atoms with Crippen molar-refractivity contribution in [2.45, 2.75) is 26.1 Å². The van der Waals surface area contributed by atoms with Crippen LogP contribution in [0.1, 0.15) is 18.4 Å². The van der Waals surface area contributed by atoms with Crippen LogP contribution in [0.3, 0.4) is 0 Å². The molecule has 10 heteroatoms. The molecule has 7 nitrogen and oxygen atoms in total. The molecule has 1 aromatic carbocycles. The van der Waals surface area contributed by atoms with Gasteiger partial charge in [-0.25, -0.2) is 9.97 Å². The Balaban J connectivity index is 1.75. The number of halogens is 3. The monoisotopic (exact) mass is 395 g/mol. The zero-order valence-electron chi connectivity index (χ0n) is 15.2. The Kier molecular flexibility index (Phi) is 5.57. The van der Waals surface area contributed by atoms with Gasteiger partial charge < -0.3 is 20.7 Å². The van der Waals surface area contributed by atoms with Gasteiger partial charge in [0.15, 0.2) is 0 Å². The third-order valence-electron chi connectivity index (χ3n) is 4.53. The van der Waals surface area contributed by atoms with Crippen LogP contribution in [0, 0.1) is 12.8 Å². The second-order valence-corrected chi connectivity index (χ2v) is 6.56. The van der Waals surface area contributed by atoms with Gasteiger partial charge in [0.2, 0.25) is 5.91 Å². The van der Waals surface area contributed by atoms with Crippen LogP contribution in [0.5, 0.6) is 5.75 Å². The first-order valence-corrected chi connectivity index (χ1v) is 8.71. The minimum absolute atomic E-state index is 0.222. The lowest BCUT2D eigenvalue weighted by molar-refractivity contribution is -0.274. The predicted octanol–water partition coefficient (Wildman–Crippen LogP) is 3.13. The molecule has 2 aromatic rings. The van der Waals surface area contributed by atoms with E-state index in [2.05, 4.69) is 20.0 Å². The molecule has 2 heterocycles. The Morgan fingerprint density at radius 3 is 2.64 bits per heavy atom. The van der Waals surface area contributed by atoms with Crippen molar-refractivity contribution in [2.75, 3.05) is 23.3 Å². The summed E-state index contributed by atoms with van der Waals surface area (Å²) in [6, 6.07) is 5.36. The molecular formula is C18H20F3N5O2. The number of rotatable bonds is 5. The van der Waals surface area contributed by atoms with E-state index in [1.54, 1.807) is 0 Å². The molecule has 1 aliphatic rings. The lowest BCUT2D eigenvalue weighted by Crippen LogP contribution is -2.41. The average molecular weight is 395 g/mol. The second-order valence-electron chi connectivity index (χ2n) is 6.56. The lowest BCUT2D eigenvalue weighted by Gasteiger charge is -2.33. The second kappa shape index (κ2) is 7.91. The van der Waals surface area contributed by atoms with Gasteiger partial charge in [-0.2, -0.15) is 0 Å². The lowest BCUT2D eigenvalue weighted by atomic mass is 9.97. The highest BCUT2D eigenvalue weighted by Crippen LogP contribution is 2.29. The number of nitrogens with zero attached hydrogens (tertiary/aromatic N) is 3. The van der Waals surface area contributed by atoms with Gasteiger partial charge in [-0.05, 0) is 44.0 Å². The molecule has 1 unspecified atom stereocenters. The summed E-state index contributed by atoms with van der Waals surface area (Å²) in [5, 5.41) is 3.07. The Morgan fingerprint density at radius 1 is 1.29 bits per heavy atom. The van der Waals surface area contributed by atoms with Crippen LogP contribution in [0.4, 0.5) is 30.5 Å². The highest BCUT2D eigenvalue weighted by atomic mass is 19.4. The van der Waals surface area contributed by atoms with Crippen molar-refractivity contribution in [3.05, 3.63) is 36.2 Å². The van der Waals surface area contributed by atoms with Crippen molar-refractivity contribution in [2.24, 2.45) is 11.7 Å². The quantitative estimate of drug-likeness (QED) is 0.808. The van der Waals surface area contributed by atoms with Gasteiger partial charge in [-0.1, -0.05) is 0 Å². The van der Waals surface area contributed by atoms with Crippen LogP contribution in [-0.4, -0.2) is 35.3 Å². The summed E-state index contributed by atoms with van der Waals surface area (Å²) in [6.45, 7) is 3.09. The van der Waals surface area contributed by atoms with Crippen LogP contribution in [0.2, 0.25) is 0 Å². The van der Waals surface area contributed by atoms with Crippen LogP contribution in [0.15, 0.2) is 30.6 Å². The van der Waals surface area contributed by atoms with Gasteiger partial charge in [-0.15, -0.1) is 13.2 Å². The smallest absolute Gasteiger partial charge is 0.406 e. The molecule has 0 bridgehead atoms. The van der Waals surface area contributed by atoms with Crippen molar-refractivity contribution in [1.29, 1.82) is 0 Å². The number of ether oxygens (including phenoxy) is 1. The largest absolute Gasteiger partial charge is 0.573 e. The SMILES string of the molecule is Cc1c(Nc2ccc(OC(F)(F)F)cc2)ncnc1N1CCCC(C(N)=O)C1. The summed E-state index contributed by atoms with van der Waals surface area (Å²) in [5.41, 5.74) is 6.76. The maximum absolute atomic E-state index is 12.3. The standard InChI is InChI=1S/C18H20F3N5O2/c1-11-16(25-13-4-6-14(7-5-13)28-18(19,20)21)23-10-24-17(11)26-8-2-3-12(9-26)15(22)27/h4-7,10,12H,2-3,8-9H2,1H3,(H2,22,27)(H,23,24,25). The molecule has 1 saturated heterocycles. The molecular weight excluding hydrogens is 375 g/mol. The van der Waals surface area contributed by atoms with E-state index >= 15 is 0 Å². The number of primary amides is 1. The molecule has 0 radical (unpaired) electrons. The summed E-state index contributed by atoms with van der Waals surface area (Å²) in [5.74, 6) is 0.372. The first-order chi connectivity index (χ1) is 13.2. The van der Waals surface area contributed by atoms with Gasteiger partial charge in [0, 0.05) is 24.3 Å². The summed E-state index contributed by atoms with van der Waals surface area (Å²) in [7, 11) is 0. The summed E-state index contributed by atoms with van der Waals surface area (Å²) >= 11 is 0. The van der Waals surface area contributed by atoms with Gasteiger partial charge in [-0.3, -0.25) is 4.79 Å². The summed E-state index contributed by atoms with van der Waals surface area (Å²) in [6.07, 6.45) is -1.74. The summed E-state index contributed by atoms with van der Waals surface area (Å²) in [4.78, 5) is 22.1. The van der Waals surface area contributed by atoms with Gasteiger partial charge >= 0.3 is 6.36 Å². The maximum Gasteiger partial charge on any atom is 0.573 e. The molecule has 0 spiro atoms. The van der Waals surface area contributed by atoms with E-state index in [0.717, 1.165) is 24.9 Å². The Morgan fingerprint density at radius 2 is 2.00 bits per heavy atom. The molecule has 0 saturated carbocycles. The number of hydrogen-bond donors (Lipinski definition) is 2. The minimum Gasteiger partial charge on any atom is -0.406 e. The van der Waals surface area contributed by atoms with Crippen molar-refractivity contribution in [3.63, 3.8) is 0 Å². The number of carbonyl (C=O) groups excluding carboxylic acids is 1. The average Bonchev–Trinajstić information content (AvgIpc) is 2.64. The van der Waals surface area contributed by atoms with E-state index in [9.17, 15) is 18.0 Å². The Labute approximate surface area is 159 Å². The molecule has 3 N–H and O–H groups in total. The number of aromatic nitrogens is 2. The highest BCUT2D eigenvalue weighted by Gasteiger charge is 2.31. The molecule has 1 aromatic heterocycles. The van der Waals surface area contributed by atoms with E-state index < -0.39 is 6.36 Å². The fourth-order valence-electron chi connectivity index (χ4n) is 3.16. The van der Waals surface area contributed by atoms with Crippen LogP contribution >= 0.6 is 0 Å². The number of piperidine rings is 1. The number of amides is 1. The predicted molar refractivity (Wildman–Crippen MR) is 97.3 cm³/mol. The zero-order chi connectivity index (χ0) is 20.3. The summed E-state index contributed by atoms with van der Waals surface area (Å²) < 4.78 is 40.6. The first-order valence-electron chi connectivity index (χ1n) is 8.71. The van der Waals surface area contributed by atoms with Crippen molar-refractivity contribution < 1.29 is 22.7 Å². The number of hydrogen-bond acceptors (Lipinski definition) is 6. The zero-order valence-corrected chi connectivity index (χ0v) is 15.2. The molecule has 28 heavy (non-hydrogen) atoms. The van der Waals surface area contributed by atoms with E-state index in [1.165, 1.54) is 30.6 Å². The molecule has 1 aliphatic heterocycles. The van der Waals surface area contributed by atoms with E-state index in [-0.39, 0.29) is 17.6 Å². The number of nitrogens with two attached hydrogens (primary N) is 1. The van der Waals surface area contributed by atoms with Gasteiger partial charge in [0.25, 0.3) is 0 Å². The van der Waals surface area contributed by atoms with Gasteiger partial charge in [0.1, 0.15) is 23.7 Å². The van der Waals surface area contributed by atoms with Crippen molar-refractivity contribution in [3.8, 4) is 5.75 Å². The third kappa shape index (κ3) is 4.81. The molecule has 1 fully saturated rings.